The molecule has 0 radical (unpaired) electrons. The van der Waals surface area contributed by atoms with Crippen LogP contribution in [0.2, 0.25) is 0 Å². The van der Waals surface area contributed by atoms with Crippen LogP contribution in [-0.4, -0.2) is 70.8 Å². The number of nitrogens with zero attached hydrogens (tertiary/aromatic N) is 4. The fourth-order valence-corrected chi connectivity index (χ4v) is 6.02. The number of nitro groups is 1. The van der Waals surface area contributed by atoms with Crippen molar-refractivity contribution < 1.29 is 18.9 Å². The van der Waals surface area contributed by atoms with E-state index in [0.717, 1.165) is 17.5 Å². The number of rotatable bonds is 5. The summed E-state index contributed by atoms with van der Waals surface area (Å²) in [5, 5.41) is 15.7. The maximum atomic E-state index is 14.1. The molecule has 11 heteroatoms. The van der Waals surface area contributed by atoms with Crippen molar-refractivity contribution in [1.29, 1.82) is 0 Å². The predicted octanol–water partition coefficient (Wildman–Crippen LogP) is 4.51. The number of thiophene rings is 1. The smallest absolute Gasteiger partial charge is 0.321 e. The van der Waals surface area contributed by atoms with Crippen LogP contribution in [0.3, 0.4) is 0 Å². The van der Waals surface area contributed by atoms with Gasteiger partial charge in [-0.1, -0.05) is 12.1 Å². The number of amides is 3. The average Bonchev–Trinajstić information content (AvgIpc) is 3.24. The number of nitro benzene ring substituents is 1. The van der Waals surface area contributed by atoms with E-state index in [1.165, 1.54) is 35.2 Å². The van der Waals surface area contributed by atoms with Gasteiger partial charge in [0.05, 0.1) is 17.5 Å². The number of urea groups is 1. The van der Waals surface area contributed by atoms with Crippen molar-refractivity contribution in [2.45, 2.75) is 18.9 Å². The molecule has 2 aliphatic rings. The molecule has 0 saturated carbocycles. The van der Waals surface area contributed by atoms with Gasteiger partial charge >= 0.3 is 6.03 Å². The van der Waals surface area contributed by atoms with Crippen LogP contribution in [0.1, 0.15) is 28.5 Å². The maximum Gasteiger partial charge on any atom is 0.321 e. The van der Waals surface area contributed by atoms with Gasteiger partial charge in [0.15, 0.2) is 0 Å². The van der Waals surface area contributed by atoms with Crippen molar-refractivity contribution in [3.8, 4) is 0 Å². The number of fused-ring (bicyclic) bond motifs is 1. The molecule has 9 nitrogen and oxygen atoms in total. The first-order valence-electron chi connectivity index (χ1n) is 12.5. The second-order valence-corrected chi connectivity index (χ2v) is 10.4. The van der Waals surface area contributed by atoms with Gasteiger partial charge in [-0.3, -0.25) is 19.8 Å². The monoisotopic (exact) mass is 537 g/mol. The summed E-state index contributed by atoms with van der Waals surface area (Å²) in [5.74, 6) is -0.307. The van der Waals surface area contributed by atoms with Crippen molar-refractivity contribution in [3.05, 3.63) is 91.9 Å². The second-order valence-electron chi connectivity index (χ2n) is 9.43. The highest BCUT2D eigenvalue weighted by atomic mass is 32.1. The summed E-state index contributed by atoms with van der Waals surface area (Å²) in [6.45, 7) is 2.75. The standard InChI is InChI=1S/C27H28FN5O4S/c28-20-4-1-3-19(17-20)26-23-10-16-38-24(23)9-13-32(26)18-25(34)30-11-2-12-31(15-14-30)27(35)29-21-5-7-22(8-6-21)33(36)37/h1,3-8,10,16-17,26H,2,9,11-15,18H2,(H,29,35)/t26-/m1/s1. The Kier molecular flexibility index (Phi) is 7.66. The number of carbonyl (C=O) groups is 2. The molecule has 1 atom stereocenters. The summed E-state index contributed by atoms with van der Waals surface area (Å²) < 4.78 is 14.1. The van der Waals surface area contributed by atoms with Gasteiger partial charge in [0, 0.05) is 55.4 Å². The van der Waals surface area contributed by atoms with Crippen molar-refractivity contribution in [2.24, 2.45) is 0 Å². The number of benzene rings is 2. The normalized spacial score (nSPS) is 18.0. The third-order valence-electron chi connectivity index (χ3n) is 7.03. The summed E-state index contributed by atoms with van der Waals surface area (Å²) >= 11 is 1.70. The van der Waals surface area contributed by atoms with Crippen LogP contribution in [0, 0.1) is 15.9 Å². The average molecular weight is 538 g/mol. The molecule has 198 valence electrons. The van der Waals surface area contributed by atoms with Gasteiger partial charge in [-0.05, 0) is 59.7 Å². The third kappa shape index (κ3) is 5.68. The molecule has 1 aromatic heterocycles. The summed E-state index contributed by atoms with van der Waals surface area (Å²) in [4.78, 5) is 43.4. The molecule has 0 unspecified atom stereocenters. The Bertz CT molecular complexity index is 1330. The highest BCUT2D eigenvalue weighted by Gasteiger charge is 2.32. The molecular formula is C27H28FN5O4S. The molecule has 38 heavy (non-hydrogen) atoms. The molecule has 3 heterocycles. The minimum atomic E-state index is -0.491. The van der Waals surface area contributed by atoms with E-state index in [1.54, 1.807) is 33.3 Å². The summed E-state index contributed by atoms with van der Waals surface area (Å²) in [5.41, 5.74) is 2.39. The lowest BCUT2D eigenvalue weighted by Crippen LogP contribution is -2.45. The molecule has 1 saturated heterocycles. The van der Waals surface area contributed by atoms with Crippen LogP contribution in [-0.2, 0) is 11.2 Å². The van der Waals surface area contributed by atoms with Crippen LogP contribution in [0.25, 0.3) is 0 Å². The Morgan fingerprint density at radius 2 is 1.79 bits per heavy atom. The lowest BCUT2D eigenvalue weighted by atomic mass is 9.93. The zero-order valence-electron chi connectivity index (χ0n) is 20.7. The summed E-state index contributed by atoms with van der Waals surface area (Å²) in [6, 6.07) is 13.8. The first-order valence-corrected chi connectivity index (χ1v) is 13.4. The van der Waals surface area contributed by atoms with Crippen molar-refractivity contribution in [1.82, 2.24) is 14.7 Å². The Labute approximate surface area is 223 Å². The molecule has 2 aliphatic heterocycles. The van der Waals surface area contributed by atoms with Crippen molar-refractivity contribution in [3.63, 3.8) is 0 Å². The molecule has 0 bridgehead atoms. The minimum Gasteiger partial charge on any atom is -0.340 e. The number of halogens is 1. The lowest BCUT2D eigenvalue weighted by molar-refractivity contribution is -0.384. The molecule has 0 spiro atoms. The number of hydrogen-bond acceptors (Lipinski definition) is 6. The van der Waals surface area contributed by atoms with Crippen LogP contribution in [0.4, 0.5) is 20.6 Å². The second kappa shape index (κ2) is 11.3. The van der Waals surface area contributed by atoms with E-state index < -0.39 is 4.92 Å². The number of carbonyl (C=O) groups excluding carboxylic acids is 2. The van der Waals surface area contributed by atoms with Gasteiger partial charge in [-0.2, -0.15) is 0 Å². The van der Waals surface area contributed by atoms with Crippen LogP contribution in [0.5, 0.6) is 0 Å². The van der Waals surface area contributed by atoms with Crippen LogP contribution < -0.4 is 5.32 Å². The van der Waals surface area contributed by atoms with E-state index in [1.807, 2.05) is 11.4 Å². The highest BCUT2D eigenvalue weighted by Crippen LogP contribution is 2.37. The van der Waals surface area contributed by atoms with Gasteiger partial charge in [-0.25, -0.2) is 9.18 Å². The molecule has 5 rings (SSSR count). The zero-order valence-corrected chi connectivity index (χ0v) is 21.5. The molecule has 3 amide bonds. The van der Waals surface area contributed by atoms with Gasteiger partial charge in [0.25, 0.3) is 5.69 Å². The Balaban J connectivity index is 1.21. The SMILES string of the molecule is O=C(CN1CCc2sccc2[C@H]1c1cccc(F)c1)N1CCCN(C(=O)Nc2ccc([N+](=O)[O-])cc2)CC1. The Hall–Kier alpha value is -3.83. The topological polar surface area (TPSA) is 99.0 Å². The van der Waals surface area contributed by atoms with E-state index in [4.69, 9.17) is 0 Å². The van der Waals surface area contributed by atoms with Crippen LogP contribution in [0.15, 0.2) is 60.0 Å². The molecule has 0 aliphatic carbocycles. The Morgan fingerprint density at radius 1 is 1.03 bits per heavy atom. The van der Waals surface area contributed by atoms with Gasteiger partial charge in [0.1, 0.15) is 5.82 Å². The lowest BCUT2D eigenvalue weighted by Gasteiger charge is -2.37. The fourth-order valence-electron chi connectivity index (χ4n) is 5.12. The van der Waals surface area contributed by atoms with E-state index in [0.29, 0.717) is 44.8 Å². The predicted molar refractivity (Wildman–Crippen MR) is 143 cm³/mol. The number of anilines is 1. The summed E-state index contributed by atoms with van der Waals surface area (Å²) in [7, 11) is 0. The molecule has 1 fully saturated rings. The van der Waals surface area contributed by atoms with E-state index in [-0.39, 0.29) is 36.0 Å². The quantitative estimate of drug-likeness (QED) is 0.382. The highest BCUT2D eigenvalue weighted by molar-refractivity contribution is 7.10. The van der Waals surface area contributed by atoms with Crippen LogP contribution >= 0.6 is 11.3 Å². The van der Waals surface area contributed by atoms with E-state index in [2.05, 4.69) is 16.3 Å². The van der Waals surface area contributed by atoms with Gasteiger partial charge < -0.3 is 15.1 Å². The maximum absolute atomic E-state index is 14.1. The number of nitrogens with one attached hydrogen (secondary N) is 1. The molecule has 2 aromatic carbocycles. The number of non-ortho nitro benzene ring substituents is 1. The Morgan fingerprint density at radius 3 is 2.55 bits per heavy atom. The van der Waals surface area contributed by atoms with E-state index >= 15 is 0 Å². The zero-order chi connectivity index (χ0) is 26.6. The summed E-state index contributed by atoms with van der Waals surface area (Å²) in [6.07, 6.45) is 1.49. The molecule has 1 N–H and O–H groups in total. The molecule has 3 aromatic rings. The first-order chi connectivity index (χ1) is 18.4. The molecular weight excluding hydrogens is 509 g/mol. The van der Waals surface area contributed by atoms with Gasteiger partial charge in [-0.15, -0.1) is 11.3 Å². The van der Waals surface area contributed by atoms with E-state index in [9.17, 15) is 24.1 Å². The first kappa shape index (κ1) is 25.8. The number of hydrogen-bond donors (Lipinski definition) is 1. The minimum absolute atomic E-state index is 0.0114. The fraction of sp³-hybridized carbons (Fsp3) is 0.333. The van der Waals surface area contributed by atoms with Crippen molar-refractivity contribution >= 4 is 34.6 Å². The largest absolute Gasteiger partial charge is 0.340 e. The van der Waals surface area contributed by atoms with Crippen molar-refractivity contribution in [2.75, 3.05) is 44.6 Å². The van der Waals surface area contributed by atoms with Gasteiger partial charge in [0.2, 0.25) is 5.91 Å². The third-order valence-corrected chi connectivity index (χ3v) is 8.03.